The summed E-state index contributed by atoms with van der Waals surface area (Å²) in [5.41, 5.74) is -5.50. The Morgan fingerprint density at radius 1 is 1.56 bits per heavy atom. The number of hydrogen-bond donors (Lipinski definition) is 1. The average molecular weight is 289 g/mol. The van der Waals surface area contributed by atoms with Crippen molar-refractivity contribution in [3.05, 3.63) is 11.8 Å². The molecule has 104 valence electrons. The Hall–Kier alpha value is -1.45. The normalized spacial score (nSPS) is 21.4. The molecule has 6 nitrogen and oxygen atoms in total. The zero-order chi connectivity index (χ0) is 14.1. The van der Waals surface area contributed by atoms with Crippen molar-refractivity contribution in [2.45, 2.75) is 24.9 Å². The highest BCUT2D eigenvalue weighted by Crippen LogP contribution is 2.29. The molecule has 0 aromatic carbocycles. The number of rotatable bonds is 2. The van der Waals surface area contributed by atoms with E-state index in [1.54, 1.807) is 0 Å². The summed E-state index contributed by atoms with van der Waals surface area (Å²) >= 11 is 0. The lowest BCUT2D eigenvalue weighted by Gasteiger charge is -2.29. The molecule has 0 unspecified atom stereocenters. The highest BCUT2D eigenvalue weighted by molar-refractivity contribution is 7.87. The molecule has 0 saturated heterocycles. The smallest absolute Gasteiger partial charge is 0.465 e. The molecule has 0 fully saturated rings. The fourth-order valence-electron chi connectivity index (χ4n) is 1.40. The Balaban J connectivity index is 2.84. The molecule has 0 bridgehead atoms. The molecule has 1 rings (SSSR count). The van der Waals surface area contributed by atoms with Gasteiger partial charge in [0.2, 0.25) is 0 Å². The molecule has 1 N–H and O–H groups in total. The first-order valence-corrected chi connectivity index (χ1v) is 6.16. The molecule has 18 heavy (non-hydrogen) atoms. The number of carbonyl (C=O) groups is 1. The van der Waals surface area contributed by atoms with Gasteiger partial charge in [-0.05, 0) is 13.0 Å². The number of alkyl halides is 3. The third-order valence-electron chi connectivity index (χ3n) is 2.26. The van der Waals surface area contributed by atoms with Crippen LogP contribution in [0.5, 0.6) is 0 Å². The Bertz CT molecular complexity index is 470. The molecule has 1 heterocycles. The second-order valence-electron chi connectivity index (χ2n) is 3.58. The number of nitrogens with zero attached hydrogens (tertiary/aromatic N) is 1. The molecule has 0 radical (unpaired) electrons. The largest absolute Gasteiger partial charge is 0.534 e. The third kappa shape index (κ3) is 3.06. The van der Waals surface area contributed by atoms with Gasteiger partial charge >= 0.3 is 21.7 Å². The third-order valence-corrected chi connectivity index (χ3v) is 3.26. The van der Waals surface area contributed by atoms with Crippen LogP contribution in [-0.4, -0.2) is 42.6 Å². The van der Waals surface area contributed by atoms with Crippen molar-refractivity contribution in [1.82, 2.24) is 4.90 Å². The monoisotopic (exact) mass is 289 g/mol. The van der Waals surface area contributed by atoms with Gasteiger partial charge in [0.1, 0.15) is 5.76 Å². The summed E-state index contributed by atoms with van der Waals surface area (Å²) < 4.78 is 61.5. The molecule has 1 aliphatic rings. The lowest BCUT2D eigenvalue weighted by Crippen LogP contribution is -2.40. The summed E-state index contributed by atoms with van der Waals surface area (Å²) in [4.78, 5) is 11.6. The first-order chi connectivity index (χ1) is 8.04. The maximum atomic E-state index is 12.0. The van der Waals surface area contributed by atoms with Gasteiger partial charge in [-0.25, -0.2) is 4.79 Å². The van der Waals surface area contributed by atoms with Crippen molar-refractivity contribution in [3.8, 4) is 0 Å². The van der Waals surface area contributed by atoms with Gasteiger partial charge in [-0.1, -0.05) is 0 Å². The maximum absolute atomic E-state index is 12.0. The number of hydrogen-bond acceptors (Lipinski definition) is 4. The van der Waals surface area contributed by atoms with Crippen LogP contribution in [0.3, 0.4) is 0 Å². The van der Waals surface area contributed by atoms with E-state index in [9.17, 15) is 26.4 Å². The predicted octanol–water partition coefficient (Wildman–Crippen LogP) is 1.51. The van der Waals surface area contributed by atoms with Crippen LogP contribution in [0.1, 0.15) is 13.3 Å². The van der Waals surface area contributed by atoms with Gasteiger partial charge in [0.05, 0.1) is 6.04 Å². The quantitative estimate of drug-likeness (QED) is 0.615. The molecule has 0 aliphatic carbocycles. The van der Waals surface area contributed by atoms with E-state index in [0.29, 0.717) is 0 Å². The lowest BCUT2D eigenvalue weighted by atomic mass is 10.1. The van der Waals surface area contributed by atoms with E-state index in [4.69, 9.17) is 5.11 Å². The van der Waals surface area contributed by atoms with Gasteiger partial charge < -0.3 is 14.2 Å². The van der Waals surface area contributed by atoms with Crippen LogP contribution in [0.15, 0.2) is 11.8 Å². The lowest BCUT2D eigenvalue weighted by molar-refractivity contribution is -0.0525. The van der Waals surface area contributed by atoms with Crippen LogP contribution in [0.2, 0.25) is 0 Å². The minimum atomic E-state index is -5.69. The Kier molecular flexibility index (Phi) is 3.79. The molecule has 10 heteroatoms. The highest BCUT2D eigenvalue weighted by atomic mass is 32.2. The molecular formula is C8H10F3NO5S. The predicted molar refractivity (Wildman–Crippen MR) is 53.0 cm³/mol. The molecule has 1 amide bonds. The zero-order valence-electron chi connectivity index (χ0n) is 9.14. The van der Waals surface area contributed by atoms with Gasteiger partial charge in [-0.3, -0.25) is 0 Å². The van der Waals surface area contributed by atoms with E-state index >= 15 is 0 Å². The van der Waals surface area contributed by atoms with Crippen molar-refractivity contribution in [1.29, 1.82) is 0 Å². The fourth-order valence-corrected chi connectivity index (χ4v) is 1.92. The summed E-state index contributed by atoms with van der Waals surface area (Å²) in [5, 5.41) is 8.71. The summed E-state index contributed by atoms with van der Waals surface area (Å²) in [7, 11) is -5.69. The van der Waals surface area contributed by atoms with E-state index < -0.39 is 33.5 Å². The topological polar surface area (TPSA) is 83.9 Å². The number of amides is 1. The van der Waals surface area contributed by atoms with Crippen LogP contribution in [-0.2, 0) is 14.3 Å². The first-order valence-electron chi connectivity index (χ1n) is 4.75. The van der Waals surface area contributed by atoms with Crippen LogP contribution in [0, 0.1) is 0 Å². The summed E-state index contributed by atoms with van der Waals surface area (Å²) in [6, 6.07) is -0.755. The Morgan fingerprint density at radius 2 is 2.11 bits per heavy atom. The van der Waals surface area contributed by atoms with Crippen molar-refractivity contribution >= 4 is 16.2 Å². The minimum absolute atomic E-state index is 0.129. The van der Waals surface area contributed by atoms with E-state index in [1.807, 2.05) is 0 Å². The number of halogens is 3. The second-order valence-corrected chi connectivity index (χ2v) is 5.12. The van der Waals surface area contributed by atoms with Gasteiger partial charge in [0.15, 0.2) is 0 Å². The molecular weight excluding hydrogens is 279 g/mol. The van der Waals surface area contributed by atoms with Gasteiger partial charge in [0, 0.05) is 13.0 Å². The van der Waals surface area contributed by atoms with Gasteiger partial charge in [0.25, 0.3) is 0 Å². The molecule has 0 aromatic rings. The first kappa shape index (κ1) is 14.6. The molecule has 0 saturated carbocycles. The van der Waals surface area contributed by atoms with Crippen LogP contribution in [0.4, 0.5) is 18.0 Å². The molecule has 0 aromatic heterocycles. The summed E-state index contributed by atoms with van der Waals surface area (Å²) in [6.45, 7) is 1.27. The van der Waals surface area contributed by atoms with Crippen molar-refractivity contribution in [3.63, 3.8) is 0 Å². The molecule has 0 spiro atoms. The maximum Gasteiger partial charge on any atom is 0.534 e. The van der Waals surface area contributed by atoms with Crippen molar-refractivity contribution in [2.75, 3.05) is 6.54 Å². The SMILES string of the molecule is C[C@H]1C=C(OS(=O)(=O)C(F)(F)F)CCN1C(=O)O. The second kappa shape index (κ2) is 4.67. The Labute approximate surface area is 101 Å². The van der Waals surface area contributed by atoms with Crippen LogP contribution in [0.25, 0.3) is 0 Å². The van der Waals surface area contributed by atoms with Crippen molar-refractivity contribution in [2.24, 2.45) is 0 Å². The van der Waals surface area contributed by atoms with E-state index in [0.717, 1.165) is 11.0 Å². The van der Waals surface area contributed by atoms with Crippen LogP contribution < -0.4 is 0 Å². The summed E-state index contributed by atoms with van der Waals surface area (Å²) in [6.07, 6.45) is -0.441. The van der Waals surface area contributed by atoms with Crippen molar-refractivity contribution < 1.29 is 35.7 Å². The van der Waals surface area contributed by atoms with Gasteiger partial charge in [-0.15, -0.1) is 0 Å². The number of carboxylic acid groups (broad SMARTS) is 1. The van der Waals surface area contributed by atoms with E-state index in [1.165, 1.54) is 6.92 Å². The standard InChI is InChI=1S/C8H10F3NO5S/c1-5-4-6(2-3-12(5)7(13)14)17-18(15,16)8(9,10)11/h4-5H,2-3H2,1H3,(H,13,14)/t5-/m0/s1. The minimum Gasteiger partial charge on any atom is -0.465 e. The summed E-state index contributed by atoms with van der Waals surface area (Å²) in [5.74, 6) is -0.405. The highest BCUT2D eigenvalue weighted by Gasteiger charge is 2.49. The zero-order valence-corrected chi connectivity index (χ0v) is 9.95. The average Bonchev–Trinajstić information content (AvgIpc) is 2.14. The van der Waals surface area contributed by atoms with Crippen LogP contribution >= 0.6 is 0 Å². The molecule has 1 atom stereocenters. The van der Waals surface area contributed by atoms with E-state index in [-0.39, 0.29) is 13.0 Å². The van der Waals surface area contributed by atoms with Gasteiger partial charge in [-0.2, -0.15) is 21.6 Å². The fraction of sp³-hybridized carbons (Fsp3) is 0.625. The molecule has 1 aliphatic heterocycles. The Morgan fingerprint density at radius 3 is 2.50 bits per heavy atom. The van der Waals surface area contributed by atoms with E-state index in [2.05, 4.69) is 4.18 Å².